The van der Waals surface area contributed by atoms with Gasteiger partial charge in [-0.1, -0.05) is 29.9 Å². The lowest BCUT2D eigenvalue weighted by Crippen LogP contribution is -2.27. The summed E-state index contributed by atoms with van der Waals surface area (Å²) in [6.07, 6.45) is 1.71. The van der Waals surface area contributed by atoms with Crippen molar-refractivity contribution >= 4 is 45.8 Å². The van der Waals surface area contributed by atoms with Crippen molar-refractivity contribution in [3.8, 4) is 0 Å². The molecule has 1 aromatic rings. The van der Waals surface area contributed by atoms with E-state index in [1.165, 1.54) is 30.0 Å². The number of nitrogens with one attached hydrogen (secondary N) is 1. The summed E-state index contributed by atoms with van der Waals surface area (Å²) < 4.78 is 13.5. The van der Waals surface area contributed by atoms with E-state index >= 15 is 0 Å². The molecule has 0 heterocycles. The third-order valence-corrected chi connectivity index (χ3v) is 2.98. The molecule has 1 aromatic carbocycles. The summed E-state index contributed by atoms with van der Waals surface area (Å²) in [6.45, 7) is 0. The molecule has 0 saturated heterocycles. The van der Waals surface area contributed by atoms with Gasteiger partial charge in [-0.05, 0) is 18.4 Å². The van der Waals surface area contributed by atoms with Gasteiger partial charge in [-0.15, -0.1) is 11.8 Å². The quantitative estimate of drug-likeness (QED) is 0.790. The molecule has 0 aliphatic rings. The van der Waals surface area contributed by atoms with Gasteiger partial charge in [0.15, 0.2) is 0 Å². The smallest absolute Gasteiger partial charge is 0.261 e. The van der Waals surface area contributed by atoms with E-state index in [1.807, 2.05) is 0 Å². The molecule has 0 aliphatic carbocycles. The molecule has 0 unspecified atom stereocenters. The minimum absolute atomic E-state index is 0.0661. The molecule has 0 fully saturated rings. The molecule has 0 spiro atoms. The van der Waals surface area contributed by atoms with Crippen molar-refractivity contribution in [2.45, 2.75) is 0 Å². The maximum absolute atomic E-state index is 13.3. The third-order valence-electron chi connectivity index (χ3n) is 1.59. The van der Waals surface area contributed by atoms with Crippen molar-refractivity contribution in [1.29, 1.82) is 0 Å². The molecular weight excluding hydrogens is 257 g/mol. The number of hydrogen-bond acceptors (Lipinski definition) is 3. The number of thioether (sulfide) groups is 1. The van der Waals surface area contributed by atoms with Crippen LogP contribution in [0.15, 0.2) is 18.2 Å². The lowest BCUT2D eigenvalue weighted by Gasteiger charge is -2.06. The highest BCUT2D eigenvalue weighted by molar-refractivity contribution is 8.22. The molecule has 80 valence electrons. The zero-order valence-corrected chi connectivity index (χ0v) is 10.1. The lowest BCUT2D eigenvalue weighted by molar-refractivity contribution is 0.0975. The second kappa shape index (κ2) is 5.44. The summed E-state index contributed by atoms with van der Waals surface area (Å²) >= 11 is 11.7. The van der Waals surface area contributed by atoms with E-state index in [9.17, 15) is 9.18 Å². The van der Waals surface area contributed by atoms with Gasteiger partial charge in [0.1, 0.15) is 10.1 Å². The van der Waals surface area contributed by atoms with E-state index in [1.54, 1.807) is 6.26 Å². The Morgan fingerprint density at radius 3 is 2.80 bits per heavy atom. The van der Waals surface area contributed by atoms with Crippen LogP contribution in [0.3, 0.4) is 0 Å². The Morgan fingerprint density at radius 1 is 1.60 bits per heavy atom. The van der Waals surface area contributed by atoms with Gasteiger partial charge >= 0.3 is 0 Å². The molecule has 1 amide bonds. The van der Waals surface area contributed by atoms with Gasteiger partial charge in [0.2, 0.25) is 0 Å². The monoisotopic (exact) mass is 263 g/mol. The zero-order valence-electron chi connectivity index (χ0n) is 7.71. The average molecular weight is 264 g/mol. The molecule has 0 radical (unpaired) electrons. The molecule has 2 nitrogen and oxygen atoms in total. The number of amides is 1. The van der Waals surface area contributed by atoms with Crippen molar-refractivity contribution < 1.29 is 9.18 Å². The predicted molar refractivity (Wildman–Crippen MR) is 65.0 cm³/mol. The van der Waals surface area contributed by atoms with Gasteiger partial charge in [0.25, 0.3) is 5.91 Å². The maximum atomic E-state index is 13.3. The van der Waals surface area contributed by atoms with Crippen LogP contribution in [0.2, 0.25) is 5.02 Å². The Balaban J connectivity index is 2.96. The Kier molecular flexibility index (Phi) is 4.50. The van der Waals surface area contributed by atoms with Crippen molar-refractivity contribution in [3.63, 3.8) is 0 Å². The van der Waals surface area contributed by atoms with Crippen LogP contribution in [0, 0.1) is 5.82 Å². The number of rotatable bonds is 1. The first-order valence-electron chi connectivity index (χ1n) is 3.89. The Labute approximate surface area is 101 Å². The van der Waals surface area contributed by atoms with Crippen LogP contribution in [0.25, 0.3) is 0 Å². The van der Waals surface area contributed by atoms with Crippen molar-refractivity contribution in [2.24, 2.45) is 0 Å². The molecule has 0 aliphatic heterocycles. The predicted octanol–water partition coefficient (Wildman–Crippen LogP) is 2.86. The van der Waals surface area contributed by atoms with Gasteiger partial charge in [0.05, 0.1) is 10.6 Å². The fourth-order valence-electron chi connectivity index (χ4n) is 0.921. The molecule has 0 atom stereocenters. The highest BCUT2D eigenvalue weighted by atomic mass is 35.5. The van der Waals surface area contributed by atoms with Gasteiger partial charge in [-0.2, -0.15) is 0 Å². The Hall–Kier alpha value is -0.650. The summed E-state index contributed by atoms with van der Waals surface area (Å²) in [5.41, 5.74) is -0.185. The summed E-state index contributed by atoms with van der Waals surface area (Å²) in [5, 5.41) is 2.42. The van der Waals surface area contributed by atoms with Crippen LogP contribution in [-0.2, 0) is 0 Å². The summed E-state index contributed by atoms with van der Waals surface area (Å²) in [5.74, 6) is -1.29. The van der Waals surface area contributed by atoms with Gasteiger partial charge in [-0.3, -0.25) is 4.79 Å². The molecule has 15 heavy (non-hydrogen) atoms. The molecule has 0 aromatic heterocycles. The van der Waals surface area contributed by atoms with Crippen LogP contribution in [-0.4, -0.2) is 16.5 Å². The zero-order chi connectivity index (χ0) is 11.4. The number of benzene rings is 1. The first-order chi connectivity index (χ1) is 7.06. The normalized spacial score (nSPS) is 9.80. The first-order valence-corrected chi connectivity index (χ1v) is 5.90. The highest BCUT2D eigenvalue weighted by Gasteiger charge is 2.16. The van der Waals surface area contributed by atoms with Gasteiger partial charge < -0.3 is 5.32 Å². The van der Waals surface area contributed by atoms with E-state index in [0.717, 1.165) is 0 Å². The van der Waals surface area contributed by atoms with Gasteiger partial charge in [0, 0.05) is 0 Å². The standard InChI is InChI=1S/C9H7ClFNOS2/c1-15-9(14)12-8(13)7-5(10)3-2-4-6(7)11/h2-4H,1H3,(H,12,13,14). The van der Waals surface area contributed by atoms with Crippen LogP contribution in [0.5, 0.6) is 0 Å². The number of thiocarbonyl (C=S) groups is 1. The minimum atomic E-state index is -0.663. The summed E-state index contributed by atoms with van der Waals surface area (Å²) in [7, 11) is 0. The topological polar surface area (TPSA) is 29.1 Å². The first kappa shape index (κ1) is 12.4. The van der Waals surface area contributed by atoms with Crippen molar-refractivity contribution in [2.75, 3.05) is 6.26 Å². The number of carbonyl (C=O) groups excluding carboxylic acids is 1. The van der Waals surface area contributed by atoms with Crippen LogP contribution in [0.1, 0.15) is 10.4 Å². The second-order valence-corrected chi connectivity index (χ2v) is 4.43. The number of halogens is 2. The largest absolute Gasteiger partial charge is 0.307 e. The second-order valence-electron chi connectivity index (χ2n) is 2.54. The number of carbonyl (C=O) groups is 1. The maximum Gasteiger partial charge on any atom is 0.261 e. The average Bonchev–Trinajstić information content (AvgIpc) is 2.17. The van der Waals surface area contributed by atoms with Gasteiger partial charge in [-0.25, -0.2) is 4.39 Å². The van der Waals surface area contributed by atoms with E-state index in [4.69, 9.17) is 23.8 Å². The Morgan fingerprint density at radius 2 is 2.27 bits per heavy atom. The number of hydrogen-bond donors (Lipinski definition) is 1. The summed E-state index contributed by atoms with van der Waals surface area (Å²) in [6, 6.07) is 4.05. The fraction of sp³-hybridized carbons (Fsp3) is 0.111. The van der Waals surface area contributed by atoms with E-state index in [-0.39, 0.29) is 14.9 Å². The van der Waals surface area contributed by atoms with Crippen LogP contribution < -0.4 is 5.32 Å². The molecular formula is C9H7ClFNOS2. The van der Waals surface area contributed by atoms with Crippen LogP contribution in [0.4, 0.5) is 4.39 Å². The SMILES string of the molecule is CSC(=S)NC(=O)c1c(F)cccc1Cl. The van der Waals surface area contributed by atoms with E-state index in [0.29, 0.717) is 0 Å². The molecule has 0 bridgehead atoms. The molecule has 1 N–H and O–H groups in total. The molecule has 1 rings (SSSR count). The molecule has 6 heteroatoms. The van der Waals surface area contributed by atoms with E-state index in [2.05, 4.69) is 5.32 Å². The van der Waals surface area contributed by atoms with Crippen molar-refractivity contribution in [3.05, 3.63) is 34.6 Å². The minimum Gasteiger partial charge on any atom is -0.307 e. The fourth-order valence-corrected chi connectivity index (χ4v) is 1.46. The molecule has 0 saturated carbocycles. The summed E-state index contributed by atoms with van der Waals surface area (Å²) in [4.78, 5) is 11.5. The Bertz CT molecular complexity index is 391. The van der Waals surface area contributed by atoms with Crippen molar-refractivity contribution in [1.82, 2.24) is 5.32 Å². The lowest BCUT2D eigenvalue weighted by atomic mass is 10.2. The third kappa shape index (κ3) is 3.15. The van der Waals surface area contributed by atoms with Crippen LogP contribution >= 0.6 is 35.6 Å². The highest BCUT2D eigenvalue weighted by Crippen LogP contribution is 2.18. The van der Waals surface area contributed by atoms with E-state index < -0.39 is 11.7 Å².